The van der Waals surface area contributed by atoms with Crippen LogP contribution in [0.2, 0.25) is 5.28 Å². The Morgan fingerprint density at radius 3 is 2.44 bits per heavy atom. The molecule has 0 spiro atoms. The summed E-state index contributed by atoms with van der Waals surface area (Å²) in [5.41, 5.74) is 3.84. The maximum atomic E-state index is 6.23. The summed E-state index contributed by atoms with van der Waals surface area (Å²) in [5, 5.41) is 3.63. The fraction of sp³-hybridized carbons (Fsp3) is 0.450. The van der Waals surface area contributed by atoms with Gasteiger partial charge in [0.2, 0.25) is 5.28 Å². The predicted octanol–water partition coefficient (Wildman–Crippen LogP) is 4.94. The van der Waals surface area contributed by atoms with Crippen LogP contribution in [0.4, 0.5) is 17.2 Å². The molecule has 6 nitrogen and oxygen atoms in total. The predicted molar refractivity (Wildman–Crippen MR) is 109 cm³/mol. The van der Waals surface area contributed by atoms with E-state index in [0.29, 0.717) is 11.9 Å². The Kier molecular flexibility index (Phi) is 4.36. The molecule has 1 N–H and O–H groups in total. The third-order valence-corrected chi connectivity index (χ3v) is 5.88. The molecule has 0 unspecified atom stereocenters. The molecule has 1 aliphatic heterocycles. The Labute approximate surface area is 163 Å². The van der Waals surface area contributed by atoms with Crippen LogP contribution in [-0.2, 0) is 0 Å². The third kappa shape index (κ3) is 3.23. The number of hydrogen-bond donors (Lipinski definition) is 1. The van der Waals surface area contributed by atoms with Crippen LogP contribution < -0.4 is 10.2 Å². The number of aromatic nitrogens is 4. The number of hydrogen-bond acceptors (Lipinski definition) is 5. The van der Waals surface area contributed by atoms with Crippen LogP contribution in [0.5, 0.6) is 0 Å². The molecule has 0 radical (unpaired) electrons. The lowest BCUT2D eigenvalue weighted by Crippen LogP contribution is -2.17. The Balaban J connectivity index is 1.44. The van der Waals surface area contributed by atoms with Gasteiger partial charge in [-0.25, -0.2) is 4.98 Å². The van der Waals surface area contributed by atoms with E-state index in [1.807, 2.05) is 6.33 Å². The van der Waals surface area contributed by atoms with Gasteiger partial charge in [0.25, 0.3) is 0 Å². The summed E-state index contributed by atoms with van der Waals surface area (Å²) in [6.45, 7) is 2.29. The first-order chi connectivity index (χ1) is 13.3. The van der Waals surface area contributed by atoms with E-state index in [-0.39, 0.29) is 5.28 Å². The van der Waals surface area contributed by atoms with E-state index in [9.17, 15) is 0 Å². The fourth-order valence-corrected chi connectivity index (χ4v) is 4.46. The minimum absolute atomic E-state index is 0.249. The number of nitrogens with one attached hydrogen (secondary N) is 1. The van der Waals surface area contributed by atoms with Crippen LogP contribution in [0.25, 0.3) is 11.2 Å². The molecule has 2 aromatic heterocycles. The molecule has 1 aliphatic carbocycles. The minimum Gasteiger partial charge on any atom is -0.372 e. The molecular formula is C20H23ClN6. The van der Waals surface area contributed by atoms with Crippen LogP contribution in [0.1, 0.15) is 44.6 Å². The maximum absolute atomic E-state index is 6.23. The Morgan fingerprint density at radius 1 is 0.963 bits per heavy atom. The monoisotopic (exact) mass is 382 g/mol. The first-order valence-electron chi connectivity index (χ1n) is 9.80. The number of fused-ring (bicyclic) bond motifs is 1. The standard InChI is InChI=1S/C20H23ClN6/c21-20-24-18(17-19(25-20)27(13-22-17)16-5-1-2-6-16)23-14-7-9-15(10-8-14)26-11-3-4-12-26/h7-10,13,16H,1-6,11-12H2,(H,23,24,25). The van der Waals surface area contributed by atoms with E-state index in [1.54, 1.807) is 0 Å². The number of nitrogens with zero attached hydrogens (tertiary/aromatic N) is 5. The van der Waals surface area contributed by atoms with Gasteiger partial charge >= 0.3 is 0 Å². The van der Waals surface area contributed by atoms with Crippen molar-refractivity contribution in [2.24, 2.45) is 0 Å². The maximum Gasteiger partial charge on any atom is 0.226 e. The summed E-state index contributed by atoms with van der Waals surface area (Å²) >= 11 is 6.23. The second-order valence-corrected chi connectivity index (χ2v) is 7.81. The largest absolute Gasteiger partial charge is 0.372 e. The topological polar surface area (TPSA) is 58.9 Å². The molecule has 5 rings (SSSR count). The molecule has 2 aliphatic rings. The average molecular weight is 383 g/mol. The zero-order chi connectivity index (χ0) is 18.2. The molecule has 0 amide bonds. The van der Waals surface area contributed by atoms with Gasteiger partial charge in [0.15, 0.2) is 17.0 Å². The van der Waals surface area contributed by atoms with E-state index in [2.05, 4.69) is 54.0 Å². The van der Waals surface area contributed by atoms with Gasteiger partial charge < -0.3 is 14.8 Å². The Hall–Kier alpha value is -2.34. The molecule has 1 saturated heterocycles. The molecule has 2 fully saturated rings. The Morgan fingerprint density at radius 2 is 1.70 bits per heavy atom. The molecular weight excluding hydrogens is 360 g/mol. The van der Waals surface area contributed by atoms with Crippen LogP contribution in [-0.4, -0.2) is 32.6 Å². The van der Waals surface area contributed by atoms with Gasteiger partial charge in [-0.05, 0) is 61.5 Å². The van der Waals surface area contributed by atoms with E-state index in [4.69, 9.17) is 11.6 Å². The average Bonchev–Trinajstić information content (AvgIpc) is 3.43. The third-order valence-electron chi connectivity index (χ3n) is 5.71. The van der Waals surface area contributed by atoms with Crippen molar-refractivity contribution in [2.45, 2.75) is 44.6 Å². The smallest absolute Gasteiger partial charge is 0.226 e. The zero-order valence-corrected chi connectivity index (χ0v) is 16.0. The zero-order valence-electron chi connectivity index (χ0n) is 15.2. The summed E-state index contributed by atoms with van der Waals surface area (Å²) in [6, 6.07) is 8.95. The molecule has 3 heterocycles. The second kappa shape index (κ2) is 7.00. The molecule has 3 aromatic rings. The lowest BCUT2D eigenvalue weighted by Gasteiger charge is -2.18. The van der Waals surface area contributed by atoms with Gasteiger partial charge in [-0.15, -0.1) is 0 Å². The van der Waals surface area contributed by atoms with E-state index in [1.165, 1.54) is 44.2 Å². The normalized spacial score (nSPS) is 17.9. The SMILES string of the molecule is Clc1nc(Nc2ccc(N3CCCC3)cc2)c2ncn(C3CCCC3)c2n1. The summed E-state index contributed by atoms with van der Waals surface area (Å²) in [4.78, 5) is 15.9. The molecule has 27 heavy (non-hydrogen) atoms. The number of benzene rings is 1. The van der Waals surface area contributed by atoms with Crippen LogP contribution in [0, 0.1) is 0 Å². The van der Waals surface area contributed by atoms with Crippen LogP contribution in [0.15, 0.2) is 30.6 Å². The summed E-state index contributed by atoms with van der Waals surface area (Å²) in [6.07, 6.45) is 9.31. The molecule has 0 bridgehead atoms. The van der Waals surface area contributed by atoms with Crippen molar-refractivity contribution < 1.29 is 0 Å². The molecule has 140 valence electrons. The number of anilines is 3. The number of halogens is 1. The lowest BCUT2D eigenvalue weighted by molar-refractivity contribution is 0.529. The van der Waals surface area contributed by atoms with E-state index < -0.39 is 0 Å². The fourth-order valence-electron chi connectivity index (χ4n) is 4.29. The van der Waals surface area contributed by atoms with Crippen molar-refractivity contribution in [3.05, 3.63) is 35.9 Å². The van der Waals surface area contributed by atoms with Crippen LogP contribution in [0.3, 0.4) is 0 Å². The highest BCUT2D eigenvalue weighted by Crippen LogP contribution is 2.33. The van der Waals surface area contributed by atoms with Crippen molar-refractivity contribution >= 4 is 40.0 Å². The van der Waals surface area contributed by atoms with E-state index in [0.717, 1.165) is 29.9 Å². The summed E-state index contributed by atoms with van der Waals surface area (Å²) in [5.74, 6) is 0.663. The molecule has 0 atom stereocenters. The van der Waals surface area contributed by atoms with Crippen LogP contribution >= 0.6 is 11.6 Å². The lowest BCUT2D eigenvalue weighted by atomic mass is 10.2. The Bertz CT molecular complexity index is 939. The first-order valence-corrected chi connectivity index (χ1v) is 10.2. The quantitative estimate of drug-likeness (QED) is 0.647. The number of imidazole rings is 1. The highest BCUT2D eigenvalue weighted by molar-refractivity contribution is 6.28. The molecule has 7 heteroatoms. The van der Waals surface area contributed by atoms with E-state index >= 15 is 0 Å². The summed E-state index contributed by atoms with van der Waals surface area (Å²) < 4.78 is 2.16. The van der Waals surface area contributed by atoms with Gasteiger partial charge in [-0.2, -0.15) is 9.97 Å². The van der Waals surface area contributed by atoms with Crippen molar-refractivity contribution in [1.82, 2.24) is 19.5 Å². The molecule has 1 saturated carbocycles. The van der Waals surface area contributed by atoms with Gasteiger partial charge in [0, 0.05) is 30.5 Å². The van der Waals surface area contributed by atoms with Crippen molar-refractivity contribution in [1.29, 1.82) is 0 Å². The van der Waals surface area contributed by atoms with Crippen molar-refractivity contribution in [3.8, 4) is 0 Å². The van der Waals surface area contributed by atoms with Gasteiger partial charge in [0.1, 0.15) is 0 Å². The van der Waals surface area contributed by atoms with Crippen molar-refractivity contribution in [2.75, 3.05) is 23.3 Å². The highest BCUT2D eigenvalue weighted by atomic mass is 35.5. The van der Waals surface area contributed by atoms with Crippen molar-refractivity contribution in [3.63, 3.8) is 0 Å². The number of rotatable bonds is 4. The molecule has 1 aromatic carbocycles. The summed E-state index contributed by atoms with van der Waals surface area (Å²) in [7, 11) is 0. The first kappa shape index (κ1) is 16.8. The second-order valence-electron chi connectivity index (χ2n) is 7.47. The minimum atomic E-state index is 0.249. The van der Waals surface area contributed by atoms with Gasteiger partial charge in [-0.1, -0.05) is 12.8 Å². The van der Waals surface area contributed by atoms with Gasteiger partial charge in [-0.3, -0.25) is 0 Å². The highest BCUT2D eigenvalue weighted by Gasteiger charge is 2.21. The van der Waals surface area contributed by atoms with Gasteiger partial charge in [0.05, 0.1) is 6.33 Å².